The standard InChI is InChI=1S/C12H16N2O2/c15-12(14-9-5-2-6-10-14)16-11-7-3-1-4-8-13-11/h1,3-4,7-8,13H,2,5-6,9-10H2. The zero-order valence-corrected chi connectivity index (χ0v) is 9.19. The van der Waals surface area contributed by atoms with Crippen molar-refractivity contribution in [2.24, 2.45) is 0 Å². The summed E-state index contributed by atoms with van der Waals surface area (Å²) in [5.41, 5.74) is 0. The van der Waals surface area contributed by atoms with Crippen molar-refractivity contribution in [2.45, 2.75) is 19.3 Å². The van der Waals surface area contributed by atoms with Gasteiger partial charge in [-0.1, -0.05) is 12.2 Å². The van der Waals surface area contributed by atoms with Crippen molar-refractivity contribution in [3.8, 4) is 0 Å². The maximum absolute atomic E-state index is 11.8. The Bertz CT molecular complexity index is 339. The third kappa shape index (κ3) is 2.89. The quantitative estimate of drug-likeness (QED) is 0.736. The van der Waals surface area contributed by atoms with Crippen LogP contribution in [0.1, 0.15) is 19.3 Å². The summed E-state index contributed by atoms with van der Waals surface area (Å²) in [5.74, 6) is 0.473. The predicted molar refractivity (Wildman–Crippen MR) is 61.4 cm³/mol. The zero-order valence-electron chi connectivity index (χ0n) is 9.19. The molecule has 1 N–H and O–H groups in total. The van der Waals surface area contributed by atoms with Crippen LogP contribution in [0.25, 0.3) is 0 Å². The molecule has 2 heterocycles. The van der Waals surface area contributed by atoms with Gasteiger partial charge in [-0.05, 0) is 31.4 Å². The van der Waals surface area contributed by atoms with Crippen molar-refractivity contribution in [1.29, 1.82) is 0 Å². The number of hydrogen-bond acceptors (Lipinski definition) is 3. The fourth-order valence-corrected chi connectivity index (χ4v) is 1.74. The van der Waals surface area contributed by atoms with Crippen molar-refractivity contribution in [2.75, 3.05) is 13.1 Å². The number of amides is 1. The highest BCUT2D eigenvalue weighted by Crippen LogP contribution is 2.11. The molecule has 0 saturated carbocycles. The van der Waals surface area contributed by atoms with E-state index in [1.54, 1.807) is 17.2 Å². The molecule has 16 heavy (non-hydrogen) atoms. The highest BCUT2D eigenvalue weighted by molar-refractivity contribution is 5.69. The lowest BCUT2D eigenvalue weighted by Crippen LogP contribution is -2.36. The van der Waals surface area contributed by atoms with E-state index in [2.05, 4.69) is 5.32 Å². The van der Waals surface area contributed by atoms with Gasteiger partial charge in [0.2, 0.25) is 5.88 Å². The lowest BCUT2D eigenvalue weighted by molar-refractivity contribution is 0.116. The molecule has 4 nitrogen and oxygen atoms in total. The molecule has 2 rings (SSSR count). The molecule has 1 amide bonds. The predicted octanol–water partition coefficient (Wildman–Crippen LogP) is 2.12. The fourth-order valence-electron chi connectivity index (χ4n) is 1.74. The number of hydrogen-bond donors (Lipinski definition) is 1. The number of allylic oxidation sites excluding steroid dienone is 4. The van der Waals surface area contributed by atoms with Gasteiger partial charge >= 0.3 is 6.09 Å². The number of carbonyl (C=O) groups excluding carboxylic acids is 1. The minimum atomic E-state index is -0.262. The summed E-state index contributed by atoms with van der Waals surface area (Å²) < 4.78 is 5.25. The van der Waals surface area contributed by atoms with E-state index in [0.29, 0.717) is 5.88 Å². The molecule has 0 spiro atoms. The molecule has 0 aromatic heterocycles. The Morgan fingerprint density at radius 2 is 2.00 bits per heavy atom. The summed E-state index contributed by atoms with van der Waals surface area (Å²) in [6, 6.07) is 0. The van der Waals surface area contributed by atoms with Crippen LogP contribution >= 0.6 is 0 Å². The Balaban J connectivity index is 1.88. The minimum absolute atomic E-state index is 0.262. The molecule has 2 aliphatic heterocycles. The highest BCUT2D eigenvalue weighted by atomic mass is 16.6. The monoisotopic (exact) mass is 220 g/mol. The van der Waals surface area contributed by atoms with Crippen molar-refractivity contribution < 1.29 is 9.53 Å². The number of rotatable bonds is 1. The van der Waals surface area contributed by atoms with E-state index in [0.717, 1.165) is 25.9 Å². The number of nitrogens with zero attached hydrogens (tertiary/aromatic N) is 1. The Hall–Kier alpha value is -1.71. The fraction of sp³-hybridized carbons (Fsp3) is 0.417. The maximum Gasteiger partial charge on any atom is 0.416 e. The summed E-state index contributed by atoms with van der Waals surface area (Å²) in [5, 5.41) is 2.90. The van der Waals surface area contributed by atoms with Gasteiger partial charge in [0.15, 0.2) is 0 Å². The van der Waals surface area contributed by atoms with Crippen LogP contribution in [0.5, 0.6) is 0 Å². The van der Waals surface area contributed by atoms with Crippen molar-refractivity contribution >= 4 is 6.09 Å². The SMILES string of the molecule is O=C(OC1=CC=CC=CN1)N1CCCCC1. The van der Waals surface area contributed by atoms with Crippen LogP contribution in [-0.4, -0.2) is 24.1 Å². The molecule has 0 aromatic carbocycles. The van der Waals surface area contributed by atoms with Gasteiger partial charge in [0.1, 0.15) is 0 Å². The average molecular weight is 220 g/mol. The molecular formula is C12H16N2O2. The second kappa shape index (κ2) is 5.39. The first-order valence-corrected chi connectivity index (χ1v) is 5.63. The average Bonchev–Trinajstić information content (AvgIpc) is 2.59. The Morgan fingerprint density at radius 1 is 1.19 bits per heavy atom. The first-order chi connectivity index (χ1) is 7.86. The van der Waals surface area contributed by atoms with Crippen LogP contribution in [0.2, 0.25) is 0 Å². The Kier molecular flexibility index (Phi) is 3.64. The summed E-state index contributed by atoms with van der Waals surface area (Å²) in [4.78, 5) is 13.5. The second-order valence-electron chi connectivity index (χ2n) is 3.83. The molecule has 1 saturated heterocycles. The lowest BCUT2D eigenvalue weighted by Gasteiger charge is -2.25. The van der Waals surface area contributed by atoms with E-state index in [4.69, 9.17) is 4.74 Å². The molecule has 0 radical (unpaired) electrons. The first-order valence-electron chi connectivity index (χ1n) is 5.63. The third-order valence-corrected chi connectivity index (χ3v) is 2.60. The lowest BCUT2D eigenvalue weighted by atomic mass is 10.1. The number of piperidine rings is 1. The number of likely N-dealkylation sites (tertiary alicyclic amines) is 1. The molecule has 0 atom stereocenters. The van der Waals surface area contributed by atoms with Gasteiger partial charge in [0.25, 0.3) is 0 Å². The Morgan fingerprint density at radius 3 is 2.81 bits per heavy atom. The largest absolute Gasteiger partial charge is 0.416 e. The zero-order chi connectivity index (χ0) is 11.2. The van der Waals surface area contributed by atoms with E-state index >= 15 is 0 Å². The molecule has 0 unspecified atom stereocenters. The highest BCUT2D eigenvalue weighted by Gasteiger charge is 2.18. The summed E-state index contributed by atoms with van der Waals surface area (Å²) in [7, 11) is 0. The normalized spacial score (nSPS) is 19.8. The molecule has 0 aliphatic carbocycles. The topological polar surface area (TPSA) is 41.6 Å². The Labute approximate surface area is 95.3 Å². The summed E-state index contributed by atoms with van der Waals surface area (Å²) in [6.45, 7) is 1.61. The van der Waals surface area contributed by atoms with Gasteiger partial charge < -0.3 is 15.0 Å². The second-order valence-corrected chi connectivity index (χ2v) is 3.83. The van der Waals surface area contributed by atoms with Gasteiger partial charge in [-0.2, -0.15) is 0 Å². The van der Waals surface area contributed by atoms with Crippen LogP contribution < -0.4 is 5.32 Å². The van der Waals surface area contributed by atoms with Gasteiger partial charge in [-0.3, -0.25) is 0 Å². The van der Waals surface area contributed by atoms with E-state index < -0.39 is 0 Å². The van der Waals surface area contributed by atoms with Crippen molar-refractivity contribution in [3.05, 3.63) is 36.4 Å². The van der Waals surface area contributed by atoms with Crippen molar-refractivity contribution in [3.63, 3.8) is 0 Å². The molecule has 1 fully saturated rings. The minimum Gasteiger partial charge on any atom is -0.393 e. The first kappa shape index (κ1) is 10.8. The van der Waals surface area contributed by atoms with Gasteiger partial charge in [-0.15, -0.1) is 0 Å². The summed E-state index contributed by atoms with van der Waals surface area (Å²) >= 11 is 0. The molecular weight excluding hydrogens is 204 g/mol. The van der Waals surface area contributed by atoms with Crippen LogP contribution in [0.4, 0.5) is 4.79 Å². The summed E-state index contributed by atoms with van der Waals surface area (Å²) in [6.07, 6.45) is 12.1. The van der Waals surface area contributed by atoms with Crippen LogP contribution in [-0.2, 0) is 4.74 Å². The van der Waals surface area contributed by atoms with Gasteiger partial charge in [-0.25, -0.2) is 4.79 Å². The van der Waals surface area contributed by atoms with E-state index in [1.165, 1.54) is 6.42 Å². The van der Waals surface area contributed by atoms with E-state index in [9.17, 15) is 4.79 Å². The van der Waals surface area contributed by atoms with Crippen LogP contribution in [0, 0.1) is 0 Å². The van der Waals surface area contributed by atoms with Gasteiger partial charge in [0, 0.05) is 19.3 Å². The van der Waals surface area contributed by atoms with Gasteiger partial charge in [0.05, 0.1) is 0 Å². The number of nitrogens with one attached hydrogen (secondary N) is 1. The third-order valence-electron chi connectivity index (χ3n) is 2.60. The van der Waals surface area contributed by atoms with Crippen LogP contribution in [0.15, 0.2) is 36.4 Å². The maximum atomic E-state index is 11.8. The van der Waals surface area contributed by atoms with Crippen molar-refractivity contribution in [1.82, 2.24) is 10.2 Å². The molecule has 4 heteroatoms. The number of carbonyl (C=O) groups is 1. The molecule has 0 bridgehead atoms. The number of ether oxygens (including phenoxy) is 1. The van der Waals surface area contributed by atoms with Crippen LogP contribution in [0.3, 0.4) is 0 Å². The van der Waals surface area contributed by atoms with E-state index in [1.807, 2.05) is 18.2 Å². The van der Waals surface area contributed by atoms with E-state index in [-0.39, 0.29) is 6.09 Å². The smallest absolute Gasteiger partial charge is 0.393 e. The molecule has 86 valence electrons. The molecule has 2 aliphatic rings. The molecule has 0 aromatic rings.